The quantitative estimate of drug-likeness (QED) is 0.736. The molecule has 0 amide bonds. The van der Waals surface area contributed by atoms with Gasteiger partial charge in [0, 0.05) is 28.5 Å². The standard InChI is InChI=1S/C13H23NS2/c1-10(2)12(4)15-9-7-14-11(3)13-6-5-8-16-13/h5-6,8,10-12,14H,7,9H2,1-4H3. The highest BCUT2D eigenvalue weighted by Gasteiger charge is 2.08. The molecule has 92 valence electrons. The summed E-state index contributed by atoms with van der Waals surface area (Å²) in [6.07, 6.45) is 0. The molecule has 16 heavy (non-hydrogen) atoms. The predicted octanol–water partition coefficient (Wildman–Crippen LogP) is 4.18. The van der Waals surface area contributed by atoms with Gasteiger partial charge >= 0.3 is 0 Å². The van der Waals surface area contributed by atoms with E-state index in [4.69, 9.17) is 0 Å². The van der Waals surface area contributed by atoms with Gasteiger partial charge in [-0.05, 0) is 24.3 Å². The maximum atomic E-state index is 3.57. The van der Waals surface area contributed by atoms with E-state index in [1.54, 1.807) is 0 Å². The van der Waals surface area contributed by atoms with Crippen LogP contribution in [0.4, 0.5) is 0 Å². The molecule has 1 heterocycles. The van der Waals surface area contributed by atoms with Crippen molar-refractivity contribution in [3.63, 3.8) is 0 Å². The van der Waals surface area contributed by atoms with Crippen LogP contribution < -0.4 is 5.32 Å². The summed E-state index contributed by atoms with van der Waals surface area (Å²) >= 11 is 3.90. The van der Waals surface area contributed by atoms with Gasteiger partial charge in [0.05, 0.1) is 0 Å². The van der Waals surface area contributed by atoms with Crippen molar-refractivity contribution in [2.45, 2.75) is 39.0 Å². The normalized spacial score (nSPS) is 15.3. The summed E-state index contributed by atoms with van der Waals surface area (Å²) in [5.41, 5.74) is 0. The van der Waals surface area contributed by atoms with E-state index in [1.165, 1.54) is 10.6 Å². The van der Waals surface area contributed by atoms with Gasteiger partial charge in [0.2, 0.25) is 0 Å². The van der Waals surface area contributed by atoms with E-state index in [0.29, 0.717) is 6.04 Å². The molecule has 1 N–H and O–H groups in total. The monoisotopic (exact) mass is 257 g/mol. The van der Waals surface area contributed by atoms with Crippen molar-refractivity contribution in [1.82, 2.24) is 5.32 Å². The number of thioether (sulfide) groups is 1. The lowest BCUT2D eigenvalue weighted by atomic mass is 10.2. The second kappa shape index (κ2) is 7.36. The van der Waals surface area contributed by atoms with Gasteiger partial charge in [-0.2, -0.15) is 11.8 Å². The lowest BCUT2D eigenvalue weighted by Crippen LogP contribution is -2.21. The van der Waals surface area contributed by atoms with Crippen molar-refractivity contribution >= 4 is 23.1 Å². The number of thiophene rings is 1. The Morgan fingerprint density at radius 1 is 1.31 bits per heavy atom. The van der Waals surface area contributed by atoms with Gasteiger partial charge in [0.15, 0.2) is 0 Å². The van der Waals surface area contributed by atoms with E-state index in [2.05, 4.69) is 62.3 Å². The molecule has 1 aromatic rings. The zero-order chi connectivity index (χ0) is 12.0. The van der Waals surface area contributed by atoms with Crippen molar-refractivity contribution in [2.24, 2.45) is 5.92 Å². The van der Waals surface area contributed by atoms with Crippen LogP contribution >= 0.6 is 23.1 Å². The van der Waals surface area contributed by atoms with Crippen LogP contribution in [0.5, 0.6) is 0 Å². The predicted molar refractivity (Wildman–Crippen MR) is 77.5 cm³/mol. The Kier molecular flexibility index (Phi) is 6.47. The van der Waals surface area contributed by atoms with Crippen LogP contribution in [0.3, 0.4) is 0 Å². The van der Waals surface area contributed by atoms with Crippen LogP contribution in [-0.2, 0) is 0 Å². The molecule has 1 nitrogen and oxygen atoms in total. The van der Waals surface area contributed by atoms with Crippen molar-refractivity contribution in [1.29, 1.82) is 0 Å². The highest BCUT2D eigenvalue weighted by atomic mass is 32.2. The molecule has 0 fully saturated rings. The van der Waals surface area contributed by atoms with E-state index in [9.17, 15) is 0 Å². The minimum Gasteiger partial charge on any atom is -0.309 e. The molecule has 0 aliphatic heterocycles. The van der Waals surface area contributed by atoms with Crippen molar-refractivity contribution in [3.05, 3.63) is 22.4 Å². The molecule has 0 aliphatic rings. The van der Waals surface area contributed by atoms with Gasteiger partial charge in [-0.25, -0.2) is 0 Å². The molecular formula is C13H23NS2. The Balaban J connectivity index is 2.12. The second-order valence-corrected chi connectivity index (χ2v) is 6.98. The van der Waals surface area contributed by atoms with E-state index in [1.807, 2.05) is 11.3 Å². The molecule has 3 heteroatoms. The first-order chi connectivity index (χ1) is 7.61. The fourth-order valence-corrected chi connectivity index (χ4v) is 3.10. The van der Waals surface area contributed by atoms with Gasteiger partial charge < -0.3 is 5.32 Å². The smallest absolute Gasteiger partial charge is 0.0386 e. The average Bonchev–Trinajstić information content (AvgIpc) is 2.76. The minimum absolute atomic E-state index is 0.495. The van der Waals surface area contributed by atoms with Crippen LogP contribution in [0.2, 0.25) is 0 Å². The zero-order valence-corrected chi connectivity index (χ0v) is 12.3. The lowest BCUT2D eigenvalue weighted by molar-refractivity contribution is 0.606. The molecule has 1 aromatic heterocycles. The van der Waals surface area contributed by atoms with Crippen molar-refractivity contribution in [2.75, 3.05) is 12.3 Å². The molecule has 0 bridgehead atoms. The Morgan fingerprint density at radius 3 is 2.62 bits per heavy atom. The fraction of sp³-hybridized carbons (Fsp3) is 0.692. The van der Waals surface area contributed by atoms with E-state index < -0.39 is 0 Å². The molecule has 0 aliphatic carbocycles. The summed E-state index contributed by atoms with van der Waals surface area (Å²) in [7, 11) is 0. The molecule has 0 saturated carbocycles. The third kappa shape index (κ3) is 4.89. The molecule has 2 atom stereocenters. The highest BCUT2D eigenvalue weighted by Crippen LogP contribution is 2.20. The number of hydrogen-bond donors (Lipinski definition) is 1. The van der Waals surface area contributed by atoms with Crippen LogP contribution in [0.25, 0.3) is 0 Å². The van der Waals surface area contributed by atoms with Crippen LogP contribution in [0.15, 0.2) is 17.5 Å². The molecule has 0 saturated heterocycles. The number of rotatable bonds is 7. The van der Waals surface area contributed by atoms with Crippen molar-refractivity contribution < 1.29 is 0 Å². The van der Waals surface area contributed by atoms with Crippen LogP contribution in [0, 0.1) is 5.92 Å². The van der Waals surface area contributed by atoms with Gasteiger partial charge in [-0.1, -0.05) is 26.8 Å². The SMILES string of the molecule is CC(NCCSC(C)C(C)C)c1cccs1. The molecule has 1 rings (SSSR count). The summed E-state index contributed by atoms with van der Waals surface area (Å²) < 4.78 is 0. The fourth-order valence-electron chi connectivity index (χ4n) is 1.35. The molecule has 0 spiro atoms. The third-order valence-electron chi connectivity index (χ3n) is 2.84. The molecular weight excluding hydrogens is 234 g/mol. The lowest BCUT2D eigenvalue weighted by Gasteiger charge is -2.16. The topological polar surface area (TPSA) is 12.0 Å². The highest BCUT2D eigenvalue weighted by molar-refractivity contribution is 7.99. The Labute approximate surface area is 108 Å². The van der Waals surface area contributed by atoms with Gasteiger partial charge in [-0.15, -0.1) is 11.3 Å². The Hall–Kier alpha value is 0.01000. The summed E-state index contributed by atoms with van der Waals surface area (Å²) in [5.74, 6) is 1.98. The molecule has 0 radical (unpaired) electrons. The van der Waals surface area contributed by atoms with Gasteiger partial charge in [0.1, 0.15) is 0 Å². The Bertz CT molecular complexity index is 269. The zero-order valence-electron chi connectivity index (χ0n) is 10.7. The number of nitrogens with one attached hydrogen (secondary N) is 1. The Morgan fingerprint density at radius 2 is 2.06 bits per heavy atom. The second-order valence-electron chi connectivity index (χ2n) is 4.51. The molecule has 0 aromatic carbocycles. The van der Waals surface area contributed by atoms with E-state index >= 15 is 0 Å². The minimum atomic E-state index is 0.495. The average molecular weight is 257 g/mol. The number of hydrogen-bond acceptors (Lipinski definition) is 3. The summed E-state index contributed by atoms with van der Waals surface area (Å²) in [6, 6.07) is 4.81. The summed E-state index contributed by atoms with van der Waals surface area (Å²) in [4.78, 5) is 1.43. The first kappa shape index (κ1) is 14.1. The summed E-state index contributed by atoms with van der Waals surface area (Å²) in [5, 5.41) is 6.47. The first-order valence-electron chi connectivity index (χ1n) is 5.99. The van der Waals surface area contributed by atoms with Gasteiger partial charge in [0.25, 0.3) is 0 Å². The van der Waals surface area contributed by atoms with Crippen LogP contribution in [-0.4, -0.2) is 17.5 Å². The van der Waals surface area contributed by atoms with E-state index in [-0.39, 0.29) is 0 Å². The van der Waals surface area contributed by atoms with Crippen molar-refractivity contribution in [3.8, 4) is 0 Å². The molecule has 2 unspecified atom stereocenters. The largest absolute Gasteiger partial charge is 0.309 e. The first-order valence-corrected chi connectivity index (χ1v) is 7.92. The van der Waals surface area contributed by atoms with Gasteiger partial charge in [-0.3, -0.25) is 0 Å². The maximum Gasteiger partial charge on any atom is 0.0386 e. The maximum absolute atomic E-state index is 3.57. The third-order valence-corrected chi connectivity index (χ3v) is 5.41. The summed E-state index contributed by atoms with van der Waals surface area (Å²) in [6.45, 7) is 10.2. The van der Waals surface area contributed by atoms with Crippen LogP contribution in [0.1, 0.15) is 38.6 Å². The van der Waals surface area contributed by atoms with E-state index in [0.717, 1.165) is 17.7 Å².